The van der Waals surface area contributed by atoms with Gasteiger partial charge in [0, 0.05) is 46.7 Å². The third-order valence-corrected chi connectivity index (χ3v) is 4.48. The van der Waals surface area contributed by atoms with E-state index in [-0.39, 0.29) is 5.91 Å². The first-order chi connectivity index (χ1) is 10.6. The fourth-order valence-electron chi connectivity index (χ4n) is 2.91. The van der Waals surface area contributed by atoms with E-state index in [4.69, 9.17) is 0 Å². The molecule has 2 N–H and O–H groups in total. The van der Waals surface area contributed by atoms with Gasteiger partial charge in [-0.05, 0) is 31.8 Å². The number of nitrogens with zero attached hydrogens (tertiary/aromatic N) is 3. The average molecular weight is 311 g/mol. The van der Waals surface area contributed by atoms with Crippen molar-refractivity contribution in [2.75, 3.05) is 53.4 Å². The van der Waals surface area contributed by atoms with Crippen LogP contribution in [0.5, 0.6) is 0 Å². The van der Waals surface area contributed by atoms with Crippen molar-refractivity contribution in [3.05, 3.63) is 0 Å². The van der Waals surface area contributed by atoms with Crippen molar-refractivity contribution in [2.45, 2.75) is 33.1 Å². The molecule has 1 saturated heterocycles. The summed E-state index contributed by atoms with van der Waals surface area (Å²) in [5.74, 6) is 1.65. The summed E-state index contributed by atoms with van der Waals surface area (Å²) in [5, 5.41) is 6.17. The monoisotopic (exact) mass is 311 g/mol. The number of likely N-dealkylation sites (N-methyl/N-ethyl adjacent to an activating group) is 1. The van der Waals surface area contributed by atoms with Crippen molar-refractivity contribution < 1.29 is 4.79 Å². The highest BCUT2D eigenvalue weighted by atomic mass is 16.1. The van der Waals surface area contributed by atoms with Crippen molar-refractivity contribution in [3.63, 3.8) is 0 Å². The number of hydrogen-bond donors (Lipinski definition) is 2. The van der Waals surface area contributed by atoms with Gasteiger partial charge in [0.05, 0.1) is 0 Å². The molecule has 1 aliphatic rings. The van der Waals surface area contributed by atoms with Crippen LogP contribution in [-0.2, 0) is 4.79 Å². The molecule has 6 heteroatoms. The summed E-state index contributed by atoms with van der Waals surface area (Å²) >= 11 is 0. The van der Waals surface area contributed by atoms with Gasteiger partial charge in [0.1, 0.15) is 0 Å². The zero-order valence-corrected chi connectivity index (χ0v) is 14.7. The molecule has 0 unspecified atom stereocenters. The van der Waals surface area contributed by atoms with Crippen LogP contribution < -0.4 is 10.6 Å². The molecule has 0 radical (unpaired) electrons. The second-order valence-electron chi connectivity index (χ2n) is 5.81. The van der Waals surface area contributed by atoms with Crippen LogP contribution in [0.25, 0.3) is 0 Å². The molecule has 1 fully saturated rings. The van der Waals surface area contributed by atoms with Gasteiger partial charge < -0.3 is 20.4 Å². The topological polar surface area (TPSA) is 60.0 Å². The Hall–Kier alpha value is -1.30. The normalized spacial score (nSPS) is 17.0. The minimum absolute atomic E-state index is 0.153. The Morgan fingerprint density at radius 3 is 2.41 bits per heavy atom. The number of hydrogen-bond acceptors (Lipinski definition) is 3. The summed E-state index contributed by atoms with van der Waals surface area (Å²) in [5.41, 5.74) is 0. The summed E-state index contributed by atoms with van der Waals surface area (Å²) in [6.07, 6.45) is 2.77. The molecule has 0 atom stereocenters. The highest BCUT2D eigenvalue weighted by Gasteiger charge is 2.22. The van der Waals surface area contributed by atoms with Crippen LogP contribution in [0.3, 0.4) is 0 Å². The Balaban J connectivity index is 2.33. The zero-order valence-electron chi connectivity index (χ0n) is 14.7. The quantitative estimate of drug-likeness (QED) is 0.538. The fraction of sp³-hybridized carbons (Fsp3) is 0.875. The Kier molecular flexibility index (Phi) is 8.89. The molecule has 0 aliphatic carbocycles. The van der Waals surface area contributed by atoms with Gasteiger partial charge in [0.15, 0.2) is 5.96 Å². The van der Waals surface area contributed by atoms with E-state index in [0.717, 1.165) is 58.1 Å². The van der Waals surface area contributed by atoms with E-state index in [9.17, 15) is 4.79 Å². The molecule has 1 amide bonds. The van der Waals surface area contributed by atoms with E-state index in [1.165, 1.54) is 0 Å². The van der Waals surface area contributed by atoms with Crippen LogP contribution in [-0.4, -0.2) is 75.0 Å². The van der Waals surface area contributed by atoms with E-state index < -0.39 is 0 Å². The molecule has 0 saturated carbocycles. The Morgan fingerprint density at radius 2 is 1.91 bits per heavy atom. The van der Waals surface area contributed by atoms with Crippen LogP contribution in [0.4, 0.5) is 0 Å². The van der Waals surface area contributed by atoms with E-state index >= 15 is 0 Å². The number of guanidine groups is 1. The molecule has 6 nitrogen and oxygen atoms in total. The van der Waals surface area contributed by atoms with Crippen LogP contribution in [0.2, 0.25) is 0 Å². The molecule has 0 aromatic rings. The standard InChI is InChI=1S/C16H33N5O/c1-5-20(6-2)12-9-19-16(18-4)21-10-7-14(8-11-21)13-15(22)17-3/h14H,5-13H2,1-4H3,(H,17,22)(H,18,19). The first-order valence-electron chi connectivity index (χ1n) is 8.53. The minimum Gasteiger partial charge on any atom is -0.359 e. The Bertz CT molecular complexity index is 346. The summed E-state index contributed by atoms with van der Waals surface area (Å²) in [6.45, 7) is 10.5. The first-order valence-corrected chi connectivity index (χ1v) is 8.53. The third kappa shape index (κ3) is 6.22. The molecule has 0 bridgehead atoms. The van der Waals surface area contributed by atoms with Crippen molar-refractivity contribution in [1.29, 1.82) is 0 Å². The van der Waals surface area contributed by atoms with E-state index in [1.807, 2.05) is 7.05 Å². The molecule has 0 aromatic heterocycles. The van der Waals surface area contributed by atoms with E-state index in [0.29, 0.717) is 12.3 Å². The lowest BCUT2D eigenvalue weighted by molar-refractivity contribution is -0.121. The maximum atomic E-state index is 11.4. The number of aliphatic imine (C=N–C) groups is 1. The van der Waals surface area contributed by atoms with Gasteiger partial charge in [-0.1, -0.05) is 13.8 Å². The predicted molar refractivity (Wildman–Crippen MR) is 92.1 cm³/mol. The van der Waals surface area contributed by atoms with Gasteiger partial charge in [-0.3, -0.25) is 9.79 Å². The second-order valence-corrected chi connectivity index (χ2v) is 5.81. The molecule has 0 spiro atoms. The maximum absolute atomic E-state index is 11.4. The van der Waals surface area contributed by atoms with Gasteiger partial charge in [0.25, 0.3) is 0 Å². The van der Waals surface area contributed by atoms with E-state index in [2.05, 4.69) is 39.3 Å². The van der Waals surface area contributed by atoms with Crippen molar-refractivity contribution >= 4 is 11.9 Å². The lowest BCUT2D eigenvalue weighted by Crippen LogP contribution is -2.47. The molecule has 128 valence electrons. The van der Waals surface area contributed by atoms with Crippen molar-refractivity contribution in [3.8, 4) is 0 Å². The molecular weight excluding hydrogens is 278 g/mol. The fourth-order valence-corrected chi connectivity index (χ4v) is 2.91. The van der Waals surface area contributed by atoms with E-state index in [1.54, 1.807) is 7.05 Å². The lowest BCUT2D eigenvalue weighted by Gasteiger charge is -2.34. The minimum atomic E-state index is 0.153. The Labute approximate surface area is 135 Å². The van der Waals surface area contributed by atoms with Crippen LogP contribution >= 0.6 is 0 Å². The number of amides is 1. The molecular formula is C16H33N5O. The smallest absolute Gasteiger partial charge is 0.220 e. The largest absolute Gasteiger partial charge is 0.359 e. The van der Waals surface area contributed by atoms with Crippen molar-refractivity contribution in [2.24, 2.45) is 10.9 Å². The third-order valence-electron chi connectivity index (χ3n) is 4.48. The predicted octanol–water partition coefficient (Wildman–Crippen LogP) is 0.752. The number of carbonyl (C=O) groups is 1. The molecule has 1 aliphatic heterocycles. The van der Waals surface area contributed by atoms with Gasteiger partial charge in [-0.15, -0.1) is 0 Å². The Morgan fingerprint density at radius 1 is 1.27 bits per heavy atom. The zero-order chi connectivity index (χ0) is 16.4. The SMILES string of the molecule is CCN(CC)CCNC(=NC)N1CCC(CC(=O)NC)CC1. The van der Waals surface area contributed by atoms with Gasteiger partial charge in [-0.25, -0.2) is 0 Å². The number of piperidine rings is 1. The van der Waals surface area contributed by atoms with Gasteiger partial charge in [0.2, 0.25) is 5.91 Å². The lowest BCUT2D eigenvalue weighted by atomic mass is 9.93. The summed E-state index contributed by atoms with van der Waals surface area (Å²) in [4.78, 5) is 20.6. The summed E-state index contributed by atoms with van der Waals surface area (Å²) < 4.78 is 0. The highest BCUT2D eigenvalue weighted by Crippen LogP contribution is 2.20. The number of likely N-dealkylation sites (tertiary alicyclic amines) is 1. The van der Waals surface area contributed by atoms with Gasteiger partial charge in [-0.2, -0.15) is 0 Å². The van der Waals surface area contributed by atoms with Crippen LogP contribution in [0, 0.1) is 5.92 Å². The summed E-state index contributed by atoms with van der Waals surface area (Å²) in [7, 11) is 3.55. The molecule has 0 aromatic carbocycles. The van der Waals surface area contributed by atoms with Crippen LogP contribution in [0.1, 0.15) is 33.1 Å². The second kappa shape index (κ2) is 10.4. The molecule has 1 heterocycles. The first kappa shape index (κ1) is 18.7. The van der Waals surface area contributed by atoms with Gasteiger partial charge >= 0.3 is 0 Å². The van der Waals surface area contributed by atoms with Crippen LogP contribution in [0.15, 0.2) is 4.99 Å². The number of carbonyl (C=O) groups excluding carboxylic acids is 1. The van der Waals surface area contributed by atoms with Crippen molar-refractivity contribution in [1.82, 2.24) is 20.4 Å². The number of rotatable bonds is 7. The maximum Gasteiger partial charge on any atom is 0.220 e. The number of nitrogens with one attached hydrogen (secondary N) is 2. The summed E-state index contributed by atoms with van der Waals surface area (Å²) in [6, 6.07) is 0. The molecule has 22 heavy (non-hydrogen) atoms. The molecule has 1 rings (SSSR count). The average Bonchev–Trinajstić information content (AvgIpc) is 2.56. The highest BCUT2D eigenvalue weighted by molar-refractivity contribution is 5.80.